The van der Waals surface area contributed by atoms with Gasteiger partial charge < -0.3 is 10.6 Å². The zero-order chi connectivity index (χ0) is 19.6. The van der Waals surface area contributed by atoms with E-state index in [1.54, 1.807) is 25.9 Å². The zero-order valence-electron chi connectivity index (χ0n) is 14.1. The predicted octanol–water partition coefficient (Wildman–Crippen LogP) is 3.78. The fourth-order valence-electron chi connectivity index (χ4n) is 2.19. The number of benzene rings is 1. The molecular formula is C16H16ClF3N4O2. The van der Waals surface area contributed by atoms with E-state index in [0.29, 0.717) is 11.6 Å². The van der Waals surface area contributed by atoms with Crippen LogP contribution < -0.4 is 10.6 Å². The number of rotatable bonds is 4. The highest BCUT2D eigenvalue weighted by molar-refractivity contribution is 6.31. The molecule has 1 heterocycles. The molecule has 0 aliphatic carbocycles. The molecule has 0 radical (unpaired) electrons. The van der Waals surface area contributed by atoms with Crippen molar-refractivity contribution in [3.63, 3.8) is 0 Å². The van der Waals surface area contributed by atoms with Crippen LogP contribution in [0.3, 0.4) is 0 Å². The van der Waals surface area contributed by atoms with Gasteiger partial charge in [0.1, 0.15) is 5.69 Å². The third-order valence-corrected chi connectivity index (χ3v) is 3.54. The van der Waals surface area contributed by atoms with Crippen molar-refractivity contribution in [1.82, 2.24) is 15.5 Å². The predicted molar refractivity (Wildman–Crippen MR) is 90.3 cm³/mol. The largest absolute Gasteiger partial charge is 0.432 e. The minimum atomic E-state index is -4.65. The number of halogens is 4. The van der Waals surface area contributed by atoms with Gasteiger partial charge in [-0.05, 0) is 38.5 Å². The van der Waals surface area contributed by atoms with Gasteiger partial charge >= 0.3 is 6.18 Å². The number of alkyl halides is 3. The molecule has 0 saturated heterocycles. The second kappa shape index (κ2) is 7.36. The molecule has 6 nitrogen and oxygen atoms in total. The lowest BCUT2D eigenvalue weighted by atomic mass is 10.1. The highest BCUT2D eigenvalue weighted by atomic mass is 35.5. The van der Waals surface area contributed by atoms with Crippen LogP contribution in [0.4, 0.5) is 18.9 Å². The molecule has 0 spiro atoms. The summed E-state index contributed by atoms with van der Waals surface area (Å²) < 4.78 is 37.9. The molecule has 0 aliphatic heterocycles. The molecule has 2 rings (SSSR count). The van der Waals surface area contributed by atoms with Gasteiger partial charge in [-0.2, -0.15) is 18.3 Å². The maximum Gasteiger partial charge on any atom is 0.432 e. The molecule has 140 valence electrons. The Kier molecular flexibility index (Phi) is 5.60. The topological polar surface area (TPSA) is 86.9 Å². The Morgan fingerprint density at radius 1 is 1.19 bits per heavy atom. The zero-order valence-corrected chi connectivity index (χ0v) is 14.8. The van der Waals surface area contributed by atoms with Crippen LogP contribution in [0.15, 0.2) is 18.2 Å². The number of nitrogens with zero attached hydrogens (tertiary/aromatic N) is 1. The fourth-order valence-corrected chi connectivity index (χ4v) is 2.46. The van der Waals surface area contributed by atoms with Gasteiger partial charge in [0.2, 0.25) is 0 Å². The van der Waals surface area contributed by atoms with Crippen LogP contribution >= 0.6 is 11.6 Å². The molecular weight excluding hydrogens is 373 g/mol. The Balaban J connectivity index is 2.35. The third-order valence-electron chi connectivity index (χ3n) is 3.32. The maximum atomic E-state index is 12.6. The molecule has 0 fully saturated rings. The van der Waals surface area contributed by atoms with Crippen molar-refractivity contribution < 1.29 is 22.8 Å². The number of amides is 2. The minimum Gasteiger partial charge on any atom is -0.350 e. The van der Waals surface area contributed by atoms with Crippen molar-refractivity contribution in [2.24, 2.45) is 0 Å². The number of hydrogen-bond donors (Lipinski definition) is 3. The summed E-state index contributed by atoms with van der Waals surface area (Å²) in [4.78, 5) is 24.6. The number of H-pyrrole nitrogens is 1. The smallest absolute Gasteiger partial charge is 0.350 e. The molecule has 2 aromatic rings. The number of aryl methyl sites for hydroxylation is 1. The van der Waals surface area contributed by atoms with Crippen molar-refractivity contribution in [1.29, 1.82) is 0 Å². The second-order valence-corrected chi connectivity index (χ2v) is 6.33. The van der Waals surface area contributed by atoms with Crippen LogP contribution in [0.1, 0.15) is 46.0 Å². The minimum absolute atomic E-state index is 0.101. The van der Waals surface area contributed by atoms with Gasteiger partial charge in [0.15, 0.2) is 5.69 Å². The molecule has 10 heteroatoms. The van der Waals surface area contributed by atoms with Crippen LogP contribution in [-0.2, 0) is 6.18 Å². The van der Waals surface area contributed by atoms with E-state index in [1.165, 1.54) is 12.1 Å². The molecule has 1 aromatic heterocycles. The normalized spacial score (nSPS) is 11.5. The van der Waals surface area contributed by atoms with Crippen molar-refractivity contribution in [2.75, 3.05) is 5.32 Å². The van der Waals surface area contributed by atoms with E-state index in [1.807, 2.05) is 0 Å². The second-order valence-electron chi connectivity index (χ2n) is 5.89. The van der Waals surface area contributed by atoms with Crippen LogP contribution in [0.5, 0.6) is 0 Å². The average molecular weight is 389 g/mol. The van der Waals surface area contributed by atoms with E-state index in [-0.39, 0.29) is 22.3 Å². The number of anilines is 1. The molecule has 3 N–H and O–H groups in total. The lowest BCUT2D eigenvalue weighted by molar-refractivity contribution is -0.141. The standard InChI is InChI=1S/C16H16ClF3N4O2/c1-7(2)21-14(25)10-5-9(17)4-8(3)13(10)22-15(26)11-6-12(24-23-11)16(18,19)20/h4-7H,1-3H3,(H,21,25)(H,22,26)(H,23,24). The van der Waals surface area contributed by atoms with E-state index >= 15 is 0 Å². The Morgan fingerprint density at radius 2 is 1.85 bits per heavy atom. The first-order valence-corrected chi connectivity index (χ1v) is 7.91. The van der Waals surface area contributed by atoms with Crippen LogP contribution in [0.2, 0.25) is 5.02 Å². The van der Waals surface area contributed by atoms with E-state index in [4.69, 9.17) is 11.6 Å². The monoisotopic (exact) mass is 388 g/mol. The van der Waals surface area contributed by atoms with Gasteiger partial charge in [0.25, 0.3) is 11.8 Å². The summed E-state index contributed by atoms with van der Waals surface area (Å²) in [6.07, 6.45) is -4.65. The van der Waals surface area contributed by atoms with Gasteiger partial charge in [-0.15, -0.1) is 0 Å². The summed E-state index contributed by atoms with van der Waals surface area (Å²) in [5.41, 5.74) is -0.876. The third kappa shape index (κ3) is 4.54. The van der Waals surface area contributed by atoms with Crippen molar-refractivity contribution in [3.05, 3.63) is 45.7 Å². The van der Waals surface area contributed by atoms with Gasteiger partial charge in [0.05, 0.1) is 11.3 Å². The lowest BCUT2D eigenvalue weighted by Gasteiger charge is -2.15. The Labute approximate surface area is 152 Å². The van der Waals surface area contributed by atoms with Gasteiger partial charge in [-0.3, -0.25) is 14.7 Å². The number of hydrogen-bond acceptors (Lipinski definition) is 3. The number of carbonyl (C=O) groups excluding carboxylic acids is 2. The molecule has 2 amide bonds. The van der Waals surface area contributed by atoms with Gasteiger partial charge in [0, 0.05) is 17.1 Å². The first-order valence-electron chi connectivity index (χ1n) is 7.54. The summed E-state index contributed by atoms with van der Waals surface area (Å²) >= 11 is 5.97. The van der Waals surface area contributed by atoms with E-state index < -0.39 is 29.4 Å². The quantitative estimate of drug-likeness (QED) is 0.745. The fraction of sp³-hybridized carbons (Fsp3) is 0.312. The van der Waals surface area contributed by atoms with E-state index in [2.05, 4.69) is 15.7 Å². The molecule has 1 aromatic carbocycles. The molecule has 0 aliphatic rings. The molecule has 26 heavy (non-hydrogen) atoms. The van der Waals surface area contributed by atoms with Crippen molar-refractivity contribution in [2.45, 2.75) is 33.0 Å². The molecule has 0 bridgehead atoms. The number of carbonyl (C=O) groups is 2. The van der Waals surface area contributed by atoms with Crippen LogP contribution in [0.25, 0.3) is 0 Å². The lowest BCUT2D eigenvalue weighted by Crippen LogP contribution is -2.31. The van der Waals surface area contributed by atoms with Gasteiger partial charge in [-0.25, -0.2) is 0 Å². The highest BCUT2D eigenvalue weighted by Crippen LogP contribution is 2.29. The Bertz CT molecular complexity index is 847. The first kappa shape index (κ1) is 19.8. The number of nitrogens with one attached hydrogen (secondary N) is 3. The Morgan fingerprint density at radius 3 is 2.38 bits per heavy atom. The van der Waals surface area contributed by atoms with Crippen LogP contribution in [-0.4, -0.2) is 28.1 Å². The van der Waals surface area contributed by atoms with E-state index in [9.17, 15) is 22.8 Å². The summed E-state index contributed by atoms with van der Waals surface area (Å²) in [6, 6.07) is 3.32. The maximum absolute atomic E-state index is 12.6. The SMILES string of the molecule is Cc1cc(Cl)cc(C(=O)NC(C)C)c1NC(=O)c1cc(C(F)(F)F)[nH]n1. The summed E-state index contributed by atoms with van der Waals surface area (Å²) in [7, 11) is 0. The van der Waals surface area contributed by atoms with Crippen LogP contribution in [0, 0.1) is 6.92 Å². The average Bonchev–Trinajstić information content (AvgIpc) is 2.98. The first-order chi connectivity index (χ1) is 12.0. The van der Waals surface area contributed by atoms with Crippen molar-refractivity contribution in [3.8, 4) is 0 Å². The molecule has 0 unspecified atom stereocenters. The van der Waals surface area contributed by atoms with Crippen molar-refractivity contribution >= 4 is 29.1 Å². The van der Waals surface area contributed by atoms with E-state index in [0.717, 1.165) is 0 Å². The highest BCUT2D eigenvalue weighted by Gasteiger charge is 2.34. The summed E-state index contributed by atoms with van der Waals surface area (Å²) in [5.74, 6) is -1.36. The summed E-state index contributed by atoms with van der Waals surface area (Å²) in [5, 5.41) is 10.5. The Hall–Kier alpha value is -2.55. The number of aromatic nitrogens is 2. The molecule has 0 saturated carbocycles. The van der Waals surface area contributed by atoms with Gasteiger partial charge in [-0.1, -0.05) is 11.6 Å². The summed E-state index contributed by atoms with van der Waals surface area (Å²) in [6.45, 7) is 5.13. The molecule has 0 atom stereocenters. The number of aromatic amines is 1.